The first-order chi connectivity index (χ1) is 25.4. The third-order valence-corrected chi connectivity index (χ3v) is 8.67. The molecule has 0 radical (unpaired) electrons. The van der Waals surface area contributed by atoms with Gasteiger partial charge in [0.05, 0.1) is 24.7 Å². The van der Waals surface area contributed by atoms with E-state index in [0.717, 1.165) is 17.1 Å². The quantitative estimate of drug-likeness (QED) is 0.0670. The van der Waals surface area contributed by atoms with Gasteiger partial charge in [0.1, 0.15) is 43.6 Å². The monoisotopic (exact) mass is 745 g/mol. The van der Waals surface area contributed by atoms with E-state index in [0.29, 0.717) is 27.9 Å². The zero-order valence-corrected chi connectivity index (χ0v) is 30.8. The molecule has 0 aromatic heterocycles. The number of aliphatic hydroxyl groups is 1. The summed E-state index contributed by atoms with van der Waals surface area (Å²) in [5.74, 6) is -6.27. The van der Waals surface area contributed by atoms with Crippen LogP contribution in [0.4, 0.5) is 5.69 Å². The summed E-state index contributed by atoms with van der Waals surface area (Å²) in [6.07, 6.45) is -0.639. The van der Waals surface area contributed by atoms with Crippen molar-refractivity contribution in [2.24, 2.45) is 11.7 Å². The van der Waals surface area contributed by atoms with Crippen LogP contribution < -0.4 is 36.5 Å². The van der Waals surface area contributed by atoms with Crippen molar-refractivity contribution in [2.45, 2.75) is 44.8 Å². The van der Waals surface area contributed by atoms with Gasteiger partial charge in [0.2, 0.25) is 23.1 Å². The van der Waals surface area contributed by atoms with Crippen LogP contribution in [-0.2, 0) is 19.2 Å². The van der Waals surface area contributed by atoms with Crippen molar-refractivity contribution >= 4 is 52.2 Å². The number of aliphatic carboxylic acids is 1. The fourth-order valence-corrected chi connectivity index (χ4v) is 5.88. The smallest absolute Gasteiger partial charge is 0.336 e. The molecule has 1 heterocycles. The number of nitrogens with two attached hydrogens (primary N) is 1. The highest BCUT2D eigenvalue weighted by atomic mass is 16.4. The lowest BCUT2D eigenvalue weighted by atomic mass is 9.89. The number of hydrogen-bond acceptors (Lipinski definition) is 9. The van der Waals surface area contributed by atoms with Crippen LogP contribution in [-0.4, -0.2) is 104 Å². The van der Waals surface area contributed by atoms with Crippen molar-refractivity contribution in [3.8, 4) is 22.5 Å². The molecule has 16 heteroatoms. The standard InChI is InChI=1S/C38H44N6O10/c1-19(2)13-27(35(48)42-29(18-45)38(52)53)41-36(49)28(17-32(39)46)40-34(47)20-7-10-23(26(14-20)37(50)51)33-24-11-8-21(43(3)4)15-30(24)54-31-16-22(44(5)6)9-12-25(31)33/h7-12,14-16,19,27-29,45H,13,17-18H2,1-6H3,(H6-,39,40,41,42,46,47,48,49,50,51,52,53)/p+1/t27-,28-,29-/m0/s1. The average Bonchev–Trinajstić information content (AvgIpc) is 3.10. The van der Waals surface area contributed by atoms with Gasteiger partial charge in [-0.2, -0.15) is 0 Å². The first kappa shape index (κ1) is 40.5. The number of carboxylic acid groups (broad SMARTS) is 2. The van der Waals surface area contributed by atoms with Gasteiger partial charge in [-0.1, -0.05) is 19.9 Å². The molecule has 2 aliphatic rings. The summed E-state index contributed by atoms with van der Waals surface area (Å²) < 4.78 is 8.25. The predicted octanol–water partition coefficient (Wildman–Crippen LogP) is 1.07. The molecule has 4 rings (SSSR count). The number of aliphatic hydroxyl groups excluding tert-OH is 1. The molecule has 3 atom stereocenters. The van der Waals surface area contributed by atoms with E-state index in [1.807, 2.05) is 74.1 Å². The number of aromatic carboxylic acids is 1. The van der Waals surface area contributed by atoms with E-state index < -0.39 is 66.7 Å². The highest BCUT2D eigenvalue weighted by molar-refractivity contribution is 6.09. The second-order valence-corrected chi connectivity index (χ2v) is 13.7. The van der Waals surface area contributed by atoms with Gasteiger partial charge in [0, 0.05) is 54.0 Å². The Morgan fingerprint density at radius 1 is 0.833 bits per heavy atom. The van der Waals surface area contributed by atoms with E-state index in [-0.39, 0.29) is 29.0 Å². The van der Waals surface area contributed by atoms with Gasteiger partial charge < -0.3 is 46.3 Å². The fraction of sp³-hybridized carbons (Fsp3) is 0.342. The Morgan fingerprint density at radius 2 is 1.48 bits per heavy atom. The molecule has 1 aliphatic carbocycles. The molecule has 8 N–H and O–H groups in total. The number of rotatable bonds is 15. The van der Waals surface area contributed by atoms with Gasteiger partial charge in [-0.3, -0.25) is 19.2 Å². The SMILES string of the molecule is CC(C)C[C@H](NC(=O)[C@H](CC(N)=O)NC(=O)c1ccc(-c2c3ccc(=[N+](C)C)cc-3oc3cc(N(C)C)ccc23)c(C(=O)O)c1)C(=O)N[C@@H](CO)C(=O)O. The Hall–Kier alpha value is -6.29. The van der Waals surface area contributed by atoms with Crippen molar-refractivity contribution in [3.63, 3.8) is 0 Å². The van der Waals surface area contributed by atoms with Crippen molar-refractivity contribution in [2.75, 3.05) is 39.7 Å². The summed E-state index contributed by atoms with van der Waals surface area (Å²) in [6, 6.07) is 10.6. The Kier molecular flexibility index (Phi) is 12.8. The second-order valence-electron chi connectivity index (χ2n) is 13.7. The van der Waals surface area contributed by atoms with Crippen molar-refractivity contribution in [3.05, 3.63) is 71.1 Å². The van der Waals surface area contributed by atoms with E-state index in [2.05, 4.69) is 16.0 Å². The summed E-state index contributed by atoms with van der Waals surface area (Å²) in [4.78, 5) is 78.1. The highest BCUT2D eigenvalue weighted by Gasteiger charge is 2.31. The second kappa shape index (κ2) is 17.0. The van der Waals surface area contributed by atoms with Crippen LogP contribution in [0, 0.1) is 5.92 Å². The Balaban J connectivity index is 1.75. The maximum atomic E-state index is 13.6. The molecule has 16 nitrogen and oxygen atoms in total. The number of nitrogens with zero attached hydrogens (tertiary/aromatic N) is 2. The number of amides is 4. The van der Waals surface area contributed by atoms with Crippen molar-refractivity contribution in [1.82, 2.24) is 20.5 Å². The minimum Gasteiger partial charge on any atom is -0.480 e. The molecule has 0 fully saturated rings. The normalized spacial score (nSPS) is 12.8. The topological polar surface area (TPSA) is 245 Å². The van der Waals surface area contributed by atoms with Crippen LogP contribution in [0.1, 0.15) is 47.4 Å². The molecule has 286 valence electrons. The number of hydrogen-bond donors (Lipinski definition) is 7. The molecule has 1 aliphatic heterocycles. The number of anilines is 1. The maximum absolute atomic E-state index is 13.6. The number of carbonyl (C=O) groups is 6. The highest BCUT2D eigenvalue weighted by Crippen LogP contribution is 2.42. The molecule has 0 spiro atoms. The molecule has 0 bridgehead atoms. The van der Waals surface area contributed by atoms with Gasteiger partial charge in [-0.15, -0.1) is 0 Å². The summed E-state index contributed by atoms with van der Waals surface area (Å²) in [5, 5.41) is 37.5. The van der Waals surface area contributed by atoms with Crippen LogP contribution >= 0.6 is 0 Å². The molecule has 2 aromatic rings. The van der Waals surface area contributed by atoms with E-state index in [1.165, 1.54) is 12.1 Å². The molecule has 0 unspecified atom stereocenters. The third kappa shape index (κ3) is 9.38. The maximum Gasteiger partial charge on any atom is 0.336 e. The first-order valence-electron chi connectivity index (χ1n) is 17.0. The van der Waals surface area contributed by atoms with Gasteiger partial charge >= 0.3 is 11.9 Å². The number of benzene rings is 3. The summed E-state index contributed by atoms with van der Waals surface area (Å²) >= 11 is 0. The molecular weight excluding hydrogens is 700 g/mol. The number of fused-ring (bicyclic) bond motifs is 2. The van der Waals surface area contributed by atoms with Gasteiger partial charge in [-0.25, -0.2) is 14.2 Å². The lowest BCUT2D eigenvalue weighted by Crippen LogP contribution is -2.57. The Labute approximate surface area is 310 Å². The van der Waals surface area contributed by atoms with Gasteiger partial charge in [-0.05, 0) is 48.2 Å². The zero-order valence-electron chi connectivity index (χ0n) is 30.8. The van der Waals surface area contributed by atoms with Crippen LogP contribution in [0.15, 0.2) is 59.0 Å². The molecule has 0 saturated heterocycles. The minimum absolute atomic E-state index is 0.0407. The molecular formula is C38H45N6O10+. The largest absolute Gasteiger partial charge is 0.480 e. The minimum atomic E-state index is -1.64. The Bertz CT molecular complexity index is 2150. The summed E-state index contributed by atoms with van der Waals surface area (Å²) in [7, 11) is 7.53. The number of primary amides is 1. The van der Waals surface area contributed by atoms with E-state index in [1.54, 1.807) is 13.8 Å². The van der Waals surface area contributed by atoms with E-state index >= 15 is 0 Å². The lowest BCUT2D eigenvalue weighted by Gasteiger charge is -2.25. The molecule has 2 aromatic carbocycles. The van der Waals surface area contributed by atoms with Crippen molar-refractivity contribution in [1.29, 1.82) is 0 Å². The fourth-order valence-electron chi connectivity index (χ4n) is 5.88. The number of carboxylic acids is 2. The molecule has 0 saturated carbocycles. The number of nitrogens with one attached hydrogen (secondary N) is 3. The van der Waals surface area contributed by atoms with Gasteiger partial charge in [0.25, 0.3) is 5.91 Å². The predicted molar refractivity (Wildman–Crippen MR) is 200 cm³/mol. The van der Waals surface area contributed by atoms with E-state index in [9.17, 15) is 44.1 Å². The summed E-state index contributed by atoms with van der Waals surface area (Å²) in [5.41, 5.74) is 7.82. The van der Waals surface area contributed by atoms with Crippen LogP contribution in [0.5, 0.6) is 0 Å². The van der Waals surface area contributed by atoms with Gasteiger partial charge in [0.15, 0.2) is 0 Å². The van der Waals surface area contributed by atoms with Crippen molar-refractivity contribution < 1.29 is 48.5 Å². The third-order valence-electron chi connectivity index (χ3n) is 8.67. The van der Waals surface area contributed by atoms with E-state index in [4.69, 9.17) is 10.2 Å². The van der Waals surface area contributed by atoms with Crippen LogP contribution in [0.25, 0.3) is 33.4 Å². The lowest BCUT2D eigenvalue weighted by molar-refractivity contribution is -0.143. The molecule has 4 amide bonds. The summed E-state index contributed by atoms with van der Waals surface area (Å²) in [6.45, 7) is 2.59. The number of carbonyl (C=O) groups excluding carboxylic acids is 4. The first-order valence-corrected chi connectivity index (χ1v) is 17.0. The Morgan fingerprint density at radius 3 is 2.06 bits per heavy atom. The van der Waals surface area contributed by atoms with Crippen LogP contribution in [0.2, 0.25) is 0 Å². The zero-order chi connectivity index (χ0) is 40.0. The molecule has 54 heavy (non-hydrogen) atoms. The average molecular weight is 746 g/mol. The van der Waals surface area contributed by atoms with Crippen LogP contribution in [0.3, 0.4) is 0 Å².